The second kappa shape index (κ2) is 4.56. The molecule has 0 amide bonds. The van der Waals surface area contributed by atoms with Gasteiger partial charge in [0.1, 0.15) is 0 Å². The summed E-state index contributed by atoms with van der Waals surface area (Å²) in [6.45, 7) is 7.36. The van der Waals surface area contributed by atoms with Gasteiger partial charge in [-0.25, -0.2) is 0 Å². The van der Waals surface area contributed by atoms with Crippen LogP contribution in [0.1, 0.15) is 34.8 Å². The van der Waals surface area contributed by atoms with Gasteiger partial charge in [0, 0.05) is 19.1 Å². The van der Waals surface area contributed by atoms with E-state index in [2.05, 4.69) is 32.9 Å². The molecule has 1 fully saturated rings. The first-order valence-corrected chi connectivity index (χ1v) is 5.93. The maximum absolute atomic E-state index is 9.33. The maximum atomic E-state index is 9.33. The molecule has 16 heavy (non-hydrogen) atoms. The smallest absolute Gasteiger partial charge is 0.0878 e. The first-order chi connectivity index (χ1) is 7.63. The molecular weight excluding hydrogens is 200 g/mol. The lowest BCUT2D eigenvalue weighted by Gasteiger charge is -2.20. The lowest BCUT2D eigenvalue weighted by molar-refractivity contribution is 0.0715. The molecule has 2 atom stereocenters. The standard InChI is InChI=1S/C14H20O2/c1-9-6-11(3)13(7-10(9)2)14-12(8-15)4-5-16-14/h6-7,12,14-15H,4-5,8H2,1-3H3. The summed E-state index contributed by atoms with van der Waals surface area (Å²) in [6.07, 6.45) is 1.05. The van der Waals surface area contributed by atoms with E-state index in [4.69, 9.17) is 4.74 Å². The zero-order valence-corrected chi connectivity index (χ0v) is 10.3. The number of aryl methyl sites for hydroxylation is 3. The fourth-order valence-corrected chi connectivity index (χ4v) is 2.45. The van der Waals surface area contributed by atoms with Gasteiger partial charge in [-0.2, -0.15) is 0 Å². The van der Waals surface area contributed by atoms with Crippen molar-refractivity contribution in [2.75, 3.05) is 13.2 Å². The molecule has 0 spiro atoms. The first-order valence-electron chi connectivity index (χ1n) is 5.93. The lowest BCUT2D eigenvalue weighted by Crippen LogP contribution is -2.13. The van der Waals surface area contributed by atoms with Crippen molar-refractivity contribution in [3.05, 3.63) is 34.4 Å². The largest absolute Gasteiger partial charge is 0.396 e. The number of hydrogen-bond acceptors (Lipinski definition) is 2. The van der Waals surface area contributed by atoms with Crippen molar-refractivity contribution < 1.29 is 9.84 Å². The molecule has 2 unspecified atom stereocenters. The molecule has 88 valence electrons. The second-order valence-electron chi connectivity index (χ2n) is 4.82. The predicted molar refractivity (Wildman–Crippen MR) is 64.5 cm³/mol. The highest BCUT2D eigenvalue weighted by molar-refractivity contribution is 5.38. The Morgan fingerprint density at radius 3 is 2.56 bits per heavy atom. The Hall–Kier alpha value is -0.860. The van der Waals surface area contributed by atoms with Gasteiger partial charge in [-0.05, 0) is 49.4 Å². The number of ether oxygens (including phenoxy) is 1. The Balaban J connectivity index is 2.36. The average molecular weight is 220 g/mol. The minimum absolute atomic E-state index is 0.0873. The summed E-state index contributed by atoms with van der Waals surface area (Å²) in [7, 11) is 0. The van der Waals surface area contributed by atoms with Crippen LogP contribution in [0.15, 0.2) is 12.1 Å². The van der Waals surface area contributed by atoms with Crippen molar-refractivity contribution >= 4 is 0 Å². The Kier molecular flexibility index (Phi) is 3.31. The van der Waals surface area contributed by atoms with E-state index >= 15 is 0 Å². The van der Waals surface area contributed by atoms with Gasteiger partial charge in [0.15, 0.2) is 0 Å². The highest BCUT2D eigenvalue weighted by Crippen LogP contribution is 2.36. The van der Waals surface area contributed by atoms with E-state index in [0.29, 0.717) is 0 Å². The van der Waals surface area contributed by atoms with Gasteiger partial charge in [0.25, 0.3) is 0 Å². The molecule has 1 aliphatic heterocycles. The quantitative estimate of drug-likeness (QED) is 0.830. The molecule has 0 radical (unpaired) electrons. The van der Waals surface area contributed by atoms with Crippen LogP contribution in [0.3, 0.4) is 0 Å². The van der Waals surface area contributed by atoms with E-state index in [-0.39, 0.29) is 18.6 Å². The molecule has 1 aromatic rings. The molecule has 1 aromatic carbocycles. The van der Waals surface area contributed by atoms with Gasteiger partial charge < -0.3 is 9.84 Å². The third kappa shape index (κ3) is 2.00. The Morgan fingerprint density at radius 2 is 1.88 bits per heavy atom. The van der Waals surface area contributed by atoms with E-state index in [0.717, 1.165) is 13.0 Å². The molecular formula is C14H20O2. The summed E-state index contributed by atoms with van der Waals surface area (Å²) in [5.41, 5.74) is 5.14. The van der Waals surface area contributed by atoms with Crippen LogP contribution in [0.2, 0.25) is 0 Å². The topological polar surface area (TPSA) is 29.5 Å². The minimum Gasteiger partial charge on any atom is -0.396 e. The summed E-state index contributed by atoms with van der Waals surface area (Å²) < 4.78 is 5.76. The van der Waals surface area contributed by atoms with Crippen LogP contribution in [0.25, 0.3) is 0 Å². The fraction of sp³-hybridized carbons (Fsp3) is 0.571. The fourth-order valence-electron chi connectivity index (χ4n) is 2.45. The van der Waals surface area contributed by atoms with Crippen molar-refractivity contribution in [3.8, 4) is 0 Å². The van der Waals surface area contributed by atoms with Crippen molar-refractivity contribution in [2.45, 2.75) is 33.3 Å². The molecule has 0 saturated carbocycles. The predicted octanol–water partition coefficient (Wildman–Crippen LogP) is 2.68. The number of hydrogen-bond donors (Lipinski definition) is 1. The van der Waals surface area contributed by atoms with E-state index in [1.165, 1.54) is 22.3 Å². The number of aliphatic hydroxyl groups excluding tert-OH is 1. The van der Waals surface area contributed by atoms with Crippen LogP contribution in [0.5, 0.6) is 0 Å². The molecule has 2 nitrogen and oxygen atoms in total. The normalized spacial score (nSPS) is 25.0. The Labute approximate surface area is 97.3 Å². The van der Waals surface area contributed by atoms with Gasteiger partial charge in [-0.1, -0.05) is 12.1 Å². The molecule has 0 aromatic heterocycles. The maximum Gasteiger partial charge on any atom is 0.0878 e. The number of benzene rings is 1. The van der Waals surface area contributed by atoms with Crippen molar-refractivity contribution in [3.63, 3.8) is 0 Å². The van der Waals surface area contributed by atoms with Crippen LogP contribution < -0.4 is 0 Å². The highest BCUT2D eigenvalue weighted by Gasteiger charge is 2.30. The van der Waals surface area contributed by atoms with Crippen LogP contribution in [0, 0.1) is 26.7 Å². The second-order valence-corrected chi connectivity index (χ2v) is 4.82. The van der Waals surface area contributed by atoms with Crippen molar-refractivity contribution in [1.29, 1.82) is 0 Å². The van der Waals surface area contributed by atoms with Gasteiger partial charge in [-0.15, -0.1) is 0 Å². The molecule has 1 N–H and O–H groups in total. The average Bonchev–Trinajstić information content (AvgIpc) is 2.71. The van der Waals surface area contributed by atoms with E-state index in [1.54, 1.807) is 0 Å². The van der Waals surface area contributed by atoms with Crippen molar-refractivity contribution in [2.24, 2.45) is 5.92 Å². The summed E-state index contributed by atoms with van der Waals surface area (Å²) >= 11 is 0. The minimum atomic E-state index is 0.0873. The third-order valence-corrected chi connectivity index (χ3v) is 3.64. The summed E-state index contributed by atoms with van der Waals surface area (Å²) in [5.74, 6) is 0.265. The van der Waals surface area contributed by atoms with Crippen LogP contribution in [-0.4, -0.2) is 18.3 Å². The lowest BCUT2D eigenvalue weighted by atomic mass is 9.90. The Bertz CT molecular complexity index is 385. The molecule has 2 rings (SSSR count). The first kappa shape index (κ1) is 11.6. The van der Waals surface area contributed by atoms with E-state index < -0.39 is 0 Å². The summed E-state index contributed by atoms with van der Waals surface area (Å²) in [4.78, 5) is 0. The SMILES string of the molecule is Cc1cc(C)c(C2OCCC2CO)cc1C. The van der Waals surface area contributed by atoms with Crippen LogP contribution in [-0.2, 0) is 4.74 Å². The molecule has 0 bridgehead atoms. The van der Waals surface area contributed by atoms with E-state index in [1.807, 2.05) is 0 Å². The molecule has 2 heteroatoms. The van der Waals surface area contributed by atoms with Gasteiger partial charge in [0.2, 0.25) is 0 Å². The zero-order valence-electron chi connectivity index (χ0n) is 10.3. The summed E-state index contributed by atoms with van der Waals surface area (Å²) in [5, 5.41) is 9.33. The summed E-state index contributed by atoms with van der Waals surface area (Å²) in [6, 6.07) is 4.42. The zero-order chi connectivity index (χ0) is 11.7. The monoisotopic (exact) mass is 220 g/mol. The van der Waals surface area contributed by atoms with Gasteiger partial charge in [0.05, 0.1) is 6.10 Å². The number of rotatable bonds is 2. The Morgan fingerprint density at radius 1 is 1.19 bits per heavy atom. The van der Waals surface area contributed by atoms with Gasteiger partial charge >= 0.3 is 0 Å². The third-order valence-electron chi connectivity index (χ3n) is 3.64. The molecule has 1 heterocycles. The van der Waals surface area contributed by atoms with Crippen LogP contribution >= 0.6 is 0 Å². The number of aliphatic hydroxyl groups is 1. The van der Waals surface area contributed by atoms with Crippen LogP contribution in [0.4, 0.5) is 0 Å². The van der Waals surface area contributed by atoms with E-state index in [9.17, 15) is 5.11 Å². The molecule has 1 aliphatic rings. The highest BCUT2D eigenvalue weighted by atomic mass is 16.5. The van der Waals surface area contributed by atoms with Gasteiger partial charge in [-0.3, -0.25) is 0 Å². The molecule has 1 saturated heterocycles. The van der Waals surface area contributed by atoms with Crippen molar-refractivity contribution in [1.82, 2.24) is 0 Å². The molecule has 0 aliphatic carbocycles.